The van der Waals surface area contributed by atoms with Gasteiger partial charge in [-0.2, -0.15) is 0 Å². The van der Waals surface area contributed by atoms with Crippen LogP contribution in [0.1, 0.15) is 40.2 Å². The molecule has 2 aromatic rings. The van der Waals surface area contributed by atoms with Crippen LogP contribution in [0.2, 0.25) is 0 Å². The number of nitrogens with zero attached hydrogens (tertiary/aromatic N) is 1. The minimum Gasteiger partial charge on any atom is -0.444 e. The fraction of sp³-hybridized carbons (Fsp3) is 0.381. The molecule has 0 fully saturated rings. The van der Waals surface area contributed by atoms with Crippen molar-refractivity contribution < 1.29 is 9.53 Å². The van der Waals surface area contributed by atoms with Crippen LogP contribution >= 0.6 is 0 Å². The first-order chi connectivity index (χ1) is 11.7. The fourth-order valence-electron chi connectivity index (χ4n) is 2.51. The molecule has 4 nitrogen and oxygen atoms in total. The average molecular weight is 340 g/mol. The third-order valence-corrected chi connectivity index (χ3v) is 3.66. The lowest BCUT2D eigenvalue weighted by Crippen LogP contribution is -2.30. The van der Waals surface area contributed by atoms with Gasteiger partial charge in [0.05, 0.1) is 0 Å². The molecule has 134 valence electrons. The maximum absolute atomic E-state index is 11.9. The summed E-state index contributed by atoms with van der Waals surface area (Å²) < 4.78 is 5.28. The molecule has 2 rings (SSSR count). The highest BCUT2D eigenvalue weighted by atomic mass is 16.6. The van der Waals surface area contributed by atoms with E-state index >= 15 is 0 Å². The number of rotatable bonds is 5. The summed E-state index contributed by atoms with van der Waals surface area (Å²) in [4.78, 5) is 14.2. The van der Waals surface area contributed by atoms with E-state index in [2.05, 4.69) is 48.3 Å². The Morgan fingerprint density at radius 1 is 1.04 bits per heavy atom. The summed E-state index contributed by atoms with van der Waals surface area (Å²) >= 11 is 0. The molecule has 0 aliphatic rings. The van der Waals surface area contributed by atoms with Gasteiger partial charge in [0.15, 0.2) is 0 Å². The highest BCUT2D eigenvalue weighted by molar-refractivity contribution is 5.85. The largest absolute Gasteiger partial charge is 0.444 e. The van der Waals surface area contributed by atoms with Crippen molar-refractivity contribution in [3.63, 3.8) is 0 Å². The number of carbonyl (C=O) groups excluding carboxylic acids is 1. The topological polar surface area (TPSA) is 41.6 Å². The second-order valence-corrected chi connectivity index (χ2v) is 7.38. The molecule has 0 heterocycles. The SMILES string of the molecule is CC(C)N(Cc1ccccc1)c1ccc(NC(=O)OC(C)(C)C)cc1. The molecule has 2 aromatic carbocycles. The van der Waals surface area contributed by atoms with Crippen molar-refractivity contribution in [2.45, 2.75) is 52.8 Å². The van der Waals surface area contributed by atoms with Crippen molar-refractivity contribution in [1.82, 2.24) is 0 Å². The number of amides is 1. The van der Waals surface area contributed by atoms with E-state index in [9.17, 15) is 4.79 Å². The second-order valence-electron chi connectivity index (χ2n) is 7.38. The predicted molar refractivity (Wildman–Crippen MR) is 104 cm³/mol. The maximum atomic E-state index is 11.9. The summed E-state index contributed by atoms with van der Waals surface area (Å²) in [6.45, 7) is 10.7. The normalized spacial score (nSPS) is 11.3. The van der Waals surface area contributed by atoms with E-state index in [1.807, 2.05) is 51.1 Å². The standard InChI is InChI=1S/C21H28N2O2/c1-16(2)23(15-17-9-7-6-8-10-17)19-13-11-18(12-14-19)22-20(24)25-21(3,4)5/h6-14,16H,15H2,1-5H3,(H,22,24). The molecule has 0 radical (unpaired) electrons. The van der Waals surface area contributed by atoms with Crippen molar-refractivity contribution >= 4 is 17.5 Å². The minimum atomic E-state index is -0.506. The number of anilines is 2. The van der Waals surface area contributed by atoms with E-state index < -0.39 is 11.7 Å². The lowest BCUT2D eigenvalue weighted by Gasteiger charge is -2.29. The van der Waals surface area contributed by atoms with Crippen LogP contribution in [0.4, 0.5) is 16.2 Å². The summed E-state index contributed by atoms with van der Waals surface area (Å²) in [6.07, 6.45) is -0.440. The molecule has 0 spiro atoms. The zero-order chi connectivity index (χ0) is 18.4. The van der Waals surface area contributed by atoms with Crippen LogP contribution in [0.25, 0.3) is 0 Å². The molecule has 0 saturated heterocycles. The number of nitrogens with one attached hydrogen (secondary N) is 1. The van der Waals surface area contributed by atoms with Crippen molar-refractivity contribution in [2.24, 2.45) is 0 Å². The third-order valence-electron chi connectivity index (χ3n) is 3.66. The molecule has 25 heavy (non-hydrogen) atoms. The maximum Gasteiger partial charge on any atom is 0.412 e. The molecule has 0 aromatic heterocycles. The van der Waals surface area contributed by atoms with Gasteiger partial charge in [0.1, 0.15) is 5.60 Å². The Hall–Kier alpha value is -2.49. The molecule has 4 heteroatoms. The number of carbonyl (C=O) groups is 1. The van der Waals surface area contributed by atoms with E-state index in [1.165, 1.54) is 5.56 Å². The van der Waals surface area contributed by atoms with Gasteiger partial charge in [-0.3, -0.25) is 5.32 Å². The van der Waals surface area contributed by atoms with E-state index in [4.69, 9.17) is 4.74 Å². The van der Waals surface area contributed by atoms with Crippen LogP contribution < -0.4 is 10.2 Å². The molecule has 0 aliphatic carbocycles. The highest BCUT2D eigenvalue weighted by Gasteiger charge is 2.16. The Bertz CT molecular complexity index is 673. The first-order valence-corrected chi connectivity index (χ1v) is 8.65. The molecule has 0 bridgehead atoms. The molecule has 0 unspecified atom stereocenters. The average Bonchev–Trinajstić information content (AvgIpc) is 2.52. The van der Waals surface area contributed by atoms with Gasteiger partial charge < -0.3 is 9.64 Å². The lowest BCUT2D eigenvalue weighted by molar-refractivity contribution is 0.0636. The second kappa shape index (κ2) is 8.06. The summed E-state index contributed by atoms with van der Waals surface area (Å²) in [6, 6.07) is 18.6. The molecular formula is C21H28N2O2. The molecule has 1 N–H and O–H groups in total. The van der Waals surface area contributed by atoms with Crippen molar-refractivity contribution in [3.05, 3.63) is 60.2 Å². The molecular weight excluding hydrogens is 312 g/mol. The van der Waals surface area contributed by atoms with Crippen molar-refractivity contribution in [1.29, 1.82) is 0 Å². The van der Waals surface area contributed by atoms with Gasteiger partial charge in [-0.05, 0) is 64.4 Å². The van der Waals surface area contributed by atoms with Gasteiger partial charge in [-0.15, -0.1) is 0 Å². The number of ether oxygens (including phenoxy) is 1. The third kappa shape index (κ3) is 6.14. The Morgan fingerprint density at radius 3 is 2.16 bits per heavy atom. The Labute approximate surface area is 150 Å². The predicted octanol–water partition coefficient (Wildman–Crippen LogP) is 5.45. The minimum absolute atomic E-state index is 0.366. The summed E-state index contributed by atoms with van der Waals surface area (Å²) in [5.41, 5.74) is 2.61. The van der Waals surface area contributed by atoms with Crippen LogP contribution in [-0.4, -0.2) is 17.7 Å². The van der Waals surface area contributed by atoms with Crippen LogP contribution in [0.3, 0.4) is 0 Å². The van der Waals surface area contributed by atoms with Gasteiger partial charge >= 0.3 is 6.09 Å². The van der Waals surface area contributed by atoms with Gasteiger partial charge in [-0.1, -0.05) is 30.3 Å². The van der Waals surface area contributed by atoms with Crippen LogP contribution in [0.5, 0.6) is 0 Å². The summed E-state index contributed by atoms with van der Waals surface area (Å²) in [7, 11) is 0. The smallest absolute Gasteiger partial charge is 0.412 e. The van der Waals surface area contributed by atoms with E-state index in [1.54, 1.807) is 0 Å². The van der Waals surface area contributed by atoms with Crippen molar-refractivity contribution in [2.75, 3.05) is 10.2 Å². The molecule has 1 amide bonds. The van der Waals surface area contributed by atoms with Crippen LogP contribution in [0.15, 0.2) is 54.6 Å². The molecule has 0 aliphatic heterocycles. The summed E-state index contributed by atoms with van der Waals surface area (Å²) in [5, 5.41) is 2.76. The zero-order valence-electron chi connectivity index (χ0n) is 15.7. The zero-order valence-corrected chi connectivity index (χ0v) is 15.7. The Kier molecular flexibility index (Phi) is 6.07. The molecule has 0 atom stereocenters. The van der Waals surface area contributed by atoms with Gasteiger partial charge in [0, 0.05) is 24.0 Å². The summed E-state index contributed by atoms with van der Waals surface area (Å²) in [5.74, 6) is 0. The fourth-order valence-corrected chi connectivity index (χ4v) is 2.51. The van der Waals surface area contributed by atoms with Crippen LogP contribution in [-0.2, 0) is 11.3 Å². The van der Waals surface area contributed by atoms with Crippen LogP contribution in [0, 0.1) is 0 Å². The van der Waals surface area contributed by atoms with Gasteiger partial charge in [-0.25, -0.2) is 4.79 Å². The van der Waals surface area contributed by atoms with E-state index in [-0.39, 0.29) is 0 Å². The lowest BCUT2D eigenvalue weighted by atomic mass is 10.1. The Morgan fingerprint density at radius 2 is 1.64 bits per heavy atom. The molecule has 0 saturated carbocycles. The first-order valence-electron chi connectivity index (χ1n) is 8.65. The van der Waals surface area contributed by atoms with E-state index in [0.717, 1.165) is 17.9 Å². The number of hydrogen-bond acceptors (Lipinski definition) is 3. The van der Waals surface area contributed by atoms with Gasteiger partial charge in [0.2, 0.25) is 0 Å². The quantitative estimate of drug-likeness (QED) is 0.787. The Balaban J connectivity index is 2.07. The first kappa shape index (κ1) is 18.8. The van der Waals surface area contributed by atoms with Gasteiger partial charge in [0.25, 0.3) is 0 Å². The number of hydrogen-bond donors (Lipinski definition) is 1. The number of benzene rings is 2. The monoisotopic (exact) mass is 340 g/mol. The van der Waals surface area contributed by atoms with Crippen molar-refractivity contribution in [3.8, 4) is 0 Å². The highest BCUT2D eigenvalue weighted by Crippen LogP contribution is 2.23. The van der Waals surface area contributed by atoms with E-state index in [0.29, 0.717) is 6.04 Å².